The van der Waals surface area contributed by atoms with Gasteiger partial charge in [-0.05, 0) is 30.9 Å². The number of urea groups is 1. The zero-order chi connectivity index (χ0) is 15.2. The number of hydrogen-bond acceptors (Lipinski definition) is 3. The van der Waals surface area contributed by atoms with Crippen LogP contribution in [0.3, 0.4) is 0 Å². The van der Waals surface area contributed by atoms with Gasteiger partial charge in [-0.2, -0.15) is 0 Å². The maximum absolute atomic E-state index is 12.0. The Bertz CT molecular complexity index is 514. The molecule has 0 saturated heterocycles. The third-order valence-electron chi connectivity index (χ3n) is 3.51. The fourth-order valence-electron chi connectivity index (χ4n) is 2.30. The van der Waals surface area contributed by atoms with Gasteiger partial charge in [-0.1, -0.05) is 18.2 Å². The van der Waals surface area contributed by atoms with Gasteiger partial charge < -0.3 is 20.4 Å². The molecule has 114 valence electrons. The molecule has 1 aliphatic rings. The largest absolute Gasteiger partial charge is 0.478 e. The zero-order valence-electron chi connectivity index (χ0n) is 11.8. The Balaban J connectivity index is 1.86. The SMILES string of the molecule is O=C(O)c1ccccc1CCNC(=O)N(CCO)C1CC1. The van der Waals surface area contributed by atoms with Crippen LogP contribution in [0.15, 0.2) is 24.3 Å². The summed E-state index contributed by atoms with van der Waals surface area (Å²) in [6, 6.07) is 6.82. The topological polar surface area (TPSA) is 89.9 Å². The van der Waals surface area contributed by atoms with Gasteiger partial charge in [0.15, 0.2) is 0 Å². The van der Waals surface area contributed by atoms with E-state index in [1.165, 1.54) is 0 Å². The van der Waals surface area contributed by atoms with Gasteiger partial charge in [0.2, 0.25) is 0 Å². The number of aliphatic hydroxyl groups excluding tert-OH is 1. The monoisotopic (exact) mass is 292 g/mol. The molecule has 0 bridgehead atoms. The van der Waals surface area contributed by atoms with E-state index in [0.717, 1.165) is 12.8 Å². The standard InChI is InChI=1S/C15H20N2O4/c18-10-9-17(12-5-6-12)15(21)16-8-7-11-3-1-2-4-13(11)14(19)20/h1-4,12,18H,5-10H2,(H,16,21)(H,19,20). The smallest absolute Gasteiger partial charge is 0.335 e. The molecule has 1 aromatic carbocycles. The van der Waals surface area contributed by atoms with Crippen molar-refractivity contribution in [3.05, 3.63) is 35.4 Å². The van der Waals surface area contributed by atoms with Crippen molar-refractivity contribution in [1.29, 1.82) is 0 Å². The molecule has 2 amide bonds. The summed E-state index contributed by atoms with van der Waals surface area (Å²) < 4.78 is 0. The number of carbonyl (C=O) groups excluding carboxylic acids is 1. The quantitative estimate of drug-likeness (QED) is 0.702. The lowest BCUT2D eigenvalue weighted by Gasteiger charge is -2.21. The van der Waals surface area contributed by atoms with Crippen molar-refractivity contribution in [3.63, 3.8) is 0 Å². The van der Waals surface area contributed by atoms with Crippen molar-refractivity contribution in [2.24, 2.45) is 0 Å². The fraction of sp³-hybridized carbons (Fsp3) is 0.467. The van der Waals surface area contributed by atoms with E-state index < -0.39 is 5.97 Å². The molecule has 0 aliphatic heterocycles. The number of amides is 2. The van der Waals surface area contributed by atoms with E-state index in [0.29, 0.717) is 25.1 Å². The lowest BCUT2D eigenvalue weighted by Crippen LogP contribution is -2.43. The van der Waals surface area contributed by atoms with Gasteiger partial charge in [-0.25, -0.2) is 9.59 Å². The van der Waals surface area contributed by atoms with E-state index in [2.05, 4.69) is 5.32 Å². The molecule has 0 radical (unpaired) electrons. The summed E-state index contributed by atoms with van der Waals surface area (Å²) in [7, 11) is 0. The summed E-state index contributed by atoms with van der Waals surface area (Å²) in [5, 5.41) is 20.9. The molecule has 2 rings (SSSR count). The van der Waals surface area contributed by atoms with Gasteiger partial charge in [0.05, 0.1) is 12.2 Å². The number of hydrogen-bond donors (Lipinski definition) is 3. The molecule has 1 aromatic rings. The van der Waals surface area contributed by atoms with Crippen LogP contribution in [0.4, 0.5) is 4.79 Å². The molecule has 0 atom stereocenters. The van der Waals surface area contributed by atoms with Crippen molar-refractivity contribution in [3.8, 4) is 0 Å². The average molecular weight is 292 g/mol. The van der Waals surface area contributed by atoms with Crippen LogP contribution in [0.5, 0.6) is 0 Å². The second-order valence-electron chi connectivity index (χ2n) is 5.09. The van der Waals surface area contributed by atoms with Crippen LogP contribution in [-0.2, 0) is 6.42 Å². The highest BCUT2D eigenvalue weighted by molar-refractivity contribution is 5.89. The highest BCUT2D eigenvalue weighted by Crippen LogP contribution is 2.26. The minimum absolute atomic E-state index is 0.0498. The molecule has 3 N–H and O–H groups in total. The number of nitrogens with zero attached hydrogens (tertiary/aromatic N) is 1. The predicted octanol–water partition coefficient (Wildman–Crippen LogP) is 1.09. The molecule has 1 aliphatic carbocycles. The first kappa shape index (κ1) is 15.3. The van der Waals surface area contributed by atoms with Crippen molar-refractivity contribution in [2.45, 2.75) is 25.3 Å². The van der Waals surface area contributed by atoms with E-state index in [1.807, 2.05) is 0 Å². The van der Waals surface area contributed by atoms with Crippen molar-refractivity contribution < 1.29 is 19.8 Å². The second-order valence-corrected chi connectivity index (χ2v) is 5.09. The molecule has 0 aromatic heterocycles. The van der Waals surface area contributed by atoms with Gasteiger partial charge in [0.25, 0.3) is 0 Å². The number of nitrogens with one attached hydrogen (secondary N) is 1. The molecule has 0 unspecified atom stereocenters. The molecule has 0 spiro atoms. The van der Waals surface area contributed by atoms with Crippen LogP contribution < -0.4 is 5.32 Å². The third-order valence-corrected chi connectivity index (χ3v) is 3.51. The first-order valence-corrected chi connectivity index (χ1v) is 7.10. The number of benzene rings is 1. The number of aliphatic hydroxyl groups is 1. The highest BCUT2D eigenvalue weighted by atomic mass is 16.4. The molecule has 6 nitrogen and oxygen atoms in total. The average Bonchev–Trinajstić information content (AvgIpc) is 3.29. The number of aromatic carboxylic acids is 1. The van der Waals surface area contributed by atoms with Crippen molar-refractivity contribution in [2.75, 3.05) is 19.7 Å². The van der Waals surface area contributed by atoms with Crippen molar-refractivity contribution >= 4 is 12.0 Å². The van der Waals surface area contributed by atoms with Crippen LogP contribution in [0, 0.1) is 0 Å². The van der Waals surface area contributed by atoms with Crippen LogP contribution in [0.1, 0.15) is 28.8 Å². The lowest BCUT2D eigenvalue weighted by atomic mass is 10.0. The Hall–Kier alpha value is -2.08. The van der Waals surface area contributed by atoms with Gasteiger partial charge >= 0.3 is 12.0 Å². The van der Waals surface area contributed by atoms with E-state index in [-0.39, 0.29) is 24.2 Å². The van der Waals surface area contributed by atoms with Gasteiger partial charge in [0.1, 0.15) is 0 Å². The minimum Gasteiger partial charge on any atom is -0.478 e. The van der Waals surface area contributed by atoms with E-state index in [9.17, 15) is 9.59 Å². The molecule has 1 saturated carbocycles. The van der Waals surface area contributed by atoms with Gasteiger partial charge in [-0.3, -0.25) is 0 Å². The summed E-state index contributed by atoms with van der Waals surface area (Å²) >= 11 is 0. The number of carboxylic acids is 1. The Labute approximate surface area is 123 Å². The van der Waals surface area contributed by atoms with E-state index in [4.69, 9.17) is 10.2 Å². The number of carbonyl (C=O) groups is 2. The van der Waals surface area contributed by atoms with Gasteiger partial charge in [0, 0.05) is 19.1 Å². The Morgan fingerprint density at radius 3 is 2.62 bits per heavy atom. The molecule has 21 heavy (non-hydrogen) atoms. The summed E-state index contributed by atoms with van der Waals surface area (Å²) in [4.78, 5) is 24.7. The molecule has 1 fully saturated rings. The van der Waals surface area contributed by atoms with E-state index in [1.54, 1.807) is 29.2 Å². The maximum Gasteiger partial charge on any atom is 0.335 e. The summed E-state index contributed by atoms with van der Waals surface area (Å²) in [5.74, 6) is -0.961. The molecule has 6 heteroatoms. The van der Waals surface area contributed by atoms with Crippen LogP contribution in [-0.4, -0.2) is 52.9 Å². The Morgan fingerprint density at radius 2 is 2.00 bits per heavy atom. The first-order valence-electron chi connectivity index (χ1n) is 7.10. The Kier molecular flexibility index (Phi) is 5.16. The zero-order valence-corrected chi connectivity index (χ0v) is 11.8. The summed E-state index contributed by atoms with van der Waals surface area (Å²) in [6.45, 7) is 0.658. The molecular weight excluding hydrogens is 272 g/mol. The normalized spacial score (nSPS) is 13.8. The third kappa shape index (κ3) is 4.19. The Morgan fingerprint density at radius 1 is 1.29 bits per heavy atom. The molecule has 0 heterocycles. The lowest BCUT2D eigenvalue weighted by molar-refractivity contribution is 0.0695. The second kappa shape index (κ2) is 7.08. The first-order chi connectivity index (χ1) is 10.1. The van der Waals surface area contributed by atoms with Crippen LogP contribution in [0.25, 0.3) is 0 Å². The highest BCUT2D eigenvalue weighted by Gasteiger charge is 2.31. The summed E-state index contributed by atoms with van der Waals surface area (Å²) in [6.07, 6.45) is 2.43. The fourth-order valence-corrected chi connectivity index (χ4v) is 2.30. The minimum atomic E-state index is -0.961. The summed E-state index contributed by atoms with van der Waals surface area (Å²) in [5.41, 5.74) is 0.964. The van der Waals surface area contributed by atoms with Crippen LogP contribution in [0.2, 0.25) is 0 Å². The van der Waals surface area contributed by atoms with Crippen LogP contribution >= 0.6 is 0 Å². The number of carboxylic acid groups (broad SMARTS) is 1. The van der Waals surface area contributed by atoms with Crippen molar-refractivity contribution in [1.82, 2.24) is 10.2 Å². The molecular formula is C15H20N2O4. The predicted molar refractivity (Wildman–Crippen MR) is 77.3 cm³/mol. The maximum atomic E-state index is 12.0. The van der Waals surface area contributed by atoms with Gasteiger partial charge in [-0.15, -0.1) is 0 Å². The number of rotatable bonds is 7. The van der Waals surface area contributed by atoms with E-state index >= 15 is 0 Å².